The fraction of sp³-hybridized carbons (Fsp3) is 0.417. The Bertz CT molecular complexity index is 775. The normalized spacial score (nSPS) is 10.6. The molecule has 0 unspecified atom stereocenters. The molecule has 0 saturated heterocycles. The Morgan fingerprint density at radius 3 is 1.41 bits per heavy atom. The number of phenolic OH excluding ortho intramolecular Hbond substituents is 2. The summed E-state index contributed by atoms with van der Waals surface area (Å²) in [5.41, 5.74) is 1.26. The molecule has 0 spiro atoms. The van der Waals surface area contributed by atoms with Gasteiger partial charge in [-0.25, -0.2) is 0 Å². The average Bonchev–Trinajstić information content (AvgIpc) is 2.77. The Kier molecular flexibility index (Phi) is 11.7. The maximum atomic E-state index is 11.9. The first kappa shape index (κ1) is 25.2. The van der Waals surface area contributed by atoms with Crippen molar-refractivity contribution in [1.82, 2.24) is 21.3 Å². The van der Waals surface area contributed by atoms with Crippen LogP contribution in [-0.2, 0) is 22.4 Å². The van der Waals surface area contributed by atoms with Gasteiger partial charge < -0.3 is 31.5 Å². The van der Waals surface area contributed by atoms with Gasteiger partial charge >= 0.3 is 0 Å². The highest BCUT2D eigenvalue weighted by molar-refractivity contribution is 5.79. The minimum absolute atomic E-state index is 0.0965. The summed E-state index contributed by atoms with van der Waals surface area (Å²) in [7, 11) is 0. The molecule has 0 aliphatic rings. The van der Waals surface area contributed by atoms with Crippen LogP contribution in [0.15, 0.2) is 48.5 Å². The summed E-state index contributed by atoms with van der Waals surface area (Å²) in [4.78, 5) is 23.8. The monoisotopic (exact) mass is 442 g/mol. The predicted molar refractivity (Wildman–Crippen MR) is 125 cm³/mol. The average molecular weight is 443 g/mol. The highest BCUT2D eigenvalue weighted by Crippen LogP contribution is 2.16. The van der Waals surface area contributed by atoms with Crippen molar-refractivity contribution in [2.45, 2.75) is 25.7 Å². The first-order chi connectivity index (χ1) is 15.6. The van der Waals surface area contributed by atoms with Gasteiger partial charge in [-0.2, -0.15) is 0 Å². The zero-order valence-electron chi connectivity index (χ0n) is 18.4. The van der Waals surface area contributed by atoms with Crippen LogP contribution in [0.5, 0.6) is 11.5 Å². The van der Waals surface area contributed by atoms with Crippen molar-refractivity contribution in [1.29, 1.82) is 0 Å². The van der Waals surface area contributed by atoms with E-state index in [4.69, 9.17) is 0 Å². The Balaban J connectivity index is 1.37. The summed E-state index contributed by atoms with van der Waals surface area (Å²) in [5.74, 6) is 0.0972. The second-order valence-electron chi connectivity index (χ2n) is 7.52. The largest absolute Gasteiger partial charge is 0.508 e. The predicted octanol–water partition coefficient (Wildman–Crippen LogP) is 1.07. The van der Waals surface area contributed by atoms with Crippen LogP contribution < -0.4 is 21.3 Å². The van der Waals surface area contributed by atoms with Gasteiger partial charge in [-0.3, -0.25) is 9.59 Å². The maximum Gasteiger partial charge on any atom is 0.224 e. The number of aromatic hydroxyl groups is 2. The van der Waals surface area contributed by atoms with Crippen LogP contribution in [0.1, 0.15) is 24.0 Å². The lowest BCUT2D eigenvalue weighted by Crippen LogP contribution is -2.33. The zero-order valence-corrected chi connectivity index (χ0v) is 18.4. The highest BCUT2D eigenvalue weighted by atomic mass is 16.3. The van der Waals surface area contributed by atoms with Gasteiger partial charge in [0.25, 0.3) is 0 Å². The molecule has 0 saturated carbocycles. The fourth-order valence-corrected chi connectivity index (χ4v) is 3.10. The molecule has 2 aromatic carbocycles. The summed E-state index contributed by atoms with van der Waals surface area (Å²) >= 11 is 0. The van der Waals surface area contributed by atoms with Crippen molar-refractivity contribution in [2.75, 3.05) is 39.3 Å². The van der Waals surface area contributed by atoms with E-state index in [1.54, 1.807) is 48.5 Å². The number of para-hydroxylation sites is 2. The Labute approximate surface area is 189 Å². The van der Waals surface area contributed by atoms with Gasteiger partial charge in [-0.1, -0.05) is 36.4 Å². The van der Waals surface area contributed by atoms with Crippen molar-refractivity contribution in [3.8, 4) is 11.5 Å². The van der Waals surface area contributed by atoms with Crippen LogP contribution >= 0.6 is 0 Å². The number of hydrogen-bond donors (Lipinski definition) is 6. The molecule has 6 N–H and O–H groups in total. The number of amides is 2. The van der Waals surface area contributed by atoms with Crippen molar-refractivity contribution in [3.63, 3.8) is 0 Å². The second kappa shape index (κ2) is 14.8. The summed E-state index contributed by atoms with van der Waals surface area (Å²) < 4.78 is 0. The van der Waals surface area contributed by atoms with Gasteiger partial charge in [-0.15, -0.1) is 0 Å². The van der Waals surface area contributed by atoms with E-state index >= 15 is 0 Å². The number of rotatable bonds is 15. The maximum absolute atomic E-state index is 11.9. The van der Waals surface area contributed by atoms with Crippen LogP contribution in [0.25, 0.3) is 0 Å². The molecule has 32 heavy (non-hydrogen) atoms. The molecular formula is C24H34N4O4. The van der Waals surface area contributed by atoms with E-state index in [2.05, 4.69) is 21.3 Å². The Morgan fingerprint density at radius 1 is 0.594 bits per heavy atom. The molecule has 0 bridgehead atoms. The SMILES string of the molecule is O=C(Cc1ccccc1O)NCCCNCCNCCCNC(=O)Cc1ccccc1O. The van der Waals surface area contributed by atoms with Crippen molar-refractivity contribution >= 4 is 11.8 Å². The summed E-state index contributed by atoms with van der Waals surface area (Å²) in [6, 6.07) is 13.7. The van der Waals surface area contributed by atoms with E-state index in [1.165, 1.54) is 0 Å². The number of hydrogen-bond acceptors (Lipinski definition) is 6. The molecule has 0 aliphatic carbocycles. The third-order valence-corrected chi connectivity index (χ3v) is 4.87. The number of carbonyl (C=O) groups is 2. The van der Waals surface area contributed by atoms with Crippen LogP contribution in [0.3, 0.4) is 0 Å². The standard InChI is InChI=1S/C24H34N4O4/c29-21-9-3-1-7-19(21)17-23(31)27-13-5-11-25-15-16-26-12-6-14-28-24(32)18-20-8-2-4-10-22(20)30/h1-4,7-10,25-26,29-30H,5-6,11-18H2,(H,27,31)(H,28,32). The minimum Gasteiger partial charge on any atom is -0.508 e. The topological polar surface area (TPSA) is 123 Å². The molecule has 2 aromatic rings. The molecule has 0 radical (unpaired) electrons. The molecule has 2 rings (SSSR count). The van der Waals surface area contributed by atoms with Crippen LogP contribution in [0, 0.1) is 0 Å². The number of nitrogens with one attached hydrogen (secondary N) is 4. The summed E-state index contributed by atoms with van der Waals surface area (Å²) in [6.45, 7) is 4.44. The molecule has 0 aromatic heterocycles. The van der Waals surface area contributed by atoms with Gasteiger partial charge in [-0.05, 0) is 38.1 Å². The third-order valence-electron chi connectivity index (χ3n) is 4.87. The molecular weight excluding hydrogens is 408 g/mol. The Hall–Kier alpha value is -3.10. The zero-order chi connectivity index (χ0) is 23.0. The molecule has 0 heterocycles. The smallest absolute Gasteiger partial charge is 0.224 e. The fourth-order valence-electron chi connectivity index (χ4n) is 3.10. The van der Waals surface area contributed by atoms with Gasteiger partial charge in [0.2, 0.25) is 11.8 Å². The summed E-state index contributed by atoms with van der Waals surface area (Å²) in [6.07, 6.45) is 2.02. The molecule has 2 amide bonds. The molecule has 0 atom stereocenters. The molecule has 8 nitrogen and oxygen atoms in total. The van der Waals surface area contributed by atoms with Crippen molar-refractivity contribution in [3.05, 3.63) is 59.7 Å². The summed E-state index contributed by atoms with van der Waals surface area (Å²) in [5, 5.41) is 31.7. The van der Waals surface area contributed by atoms with E-state index in [9.17, 15) is 19.8 Å². The van der Waals surface area contributed by atoms with Gasteiger partial charge in [0.1, 0.15) is 11.5 Å². The number of carbonyl (C=O) groups excluding carboxylic acids is 2. The number of phenols is 2. The van der Waals surface area contributed by atoms with Crippen molar-refractivity contribution < 1.29 is 19.8 Å². The van der Waals surface area contributed by atoms with E-state index in [0.29, 0.717) is 24.2 Å². The van der Waals surface area contributed by atoms with Crippen molar-refractivity contribution in [2.24, 2.45) is 0 Å². The third kappa shape index (κ3) is 10.3. The van der Waals surface area contributed by atoms with E-state index in [1.807, 2.05) is 0 Å². The van der Waals surface area contributed by atoms with Crippen LogP contribution in [0.2, 0.25) is 0 Å². The first-order valence-corrected chi connectivity index (χ1v) is 11.0. The van der Waals surface area contributed by atoms with E-state index < -0.39 is 0 Å². The lowest BCUT2D eigenvalue weighted by Gasteiger charge is -2.09. The molecule has 0 fully saturated rings. The molecule has 174 valence electrons. The van der Waals surface area contributed by atoms with Crippen LogP contribution in [-0.4, -0.2) is 61.3 Å². The minimum atomic E-state index is -0.0965. The lowest BCUT2D eigenvalue weighted by atomic mass is 10.1. The quantitative estimate of drug-likeness (QED) is 0.230. The number of benzene rings is 2. The van der Waals surface area contributed by atoms with E-state index in [-0.39, 0.29) is 36.2 Å². The van der Waals surface area contributed by atoms with Gasteiger partial charge in [0.15, 0.2) is 0 Å². The highest BCUT2D eigenvalue weighted by Gasteiger charge is 2.07. The first-order valence-electron chi connectivity index (χ1n) is 11.0. The van der Waals surface area contributed by atoms with E-state index in [0.717, 1.165) is 39.0 Å². The van der Waals surface area contributed by atoms with Gasteiger partial charge in [0.05, 0.1) is 12.8 Å². The van der Waals surface area contributed by atoms with Gasteiger partial charge in [0, 0.05) is 37.3 Å². The molecule has 0 aliphatic heterocycles. The Morgan fingerprint density at radius 2 is 1.00 bits per heavy atom. The van der Waals surface area contributed by atoms with Crippen LogP contribution in [0.4, 0.5) is 0 Å². The second-order valence-corrected chi connectivity index (χ2v) is 7.52. The molecule has 8 heteroatoms. The lowest BCUT2D eigenvalue weighted by molar-refractivity contribution is -0.121.